The fourth-order valence-electron chi connectivity index (χ4n) is 3.50. The van der Waals surface area contributed by atoms with E-state index in [9.17, 15) is 13.2 Å². The standard InChI is InChI=1S/C22H25N5O3S2/c1-17-5-9-19(10-6-17)27-16-23-25-22(27)31-15-21(28)24-18-7-11-20(12-8-18)32(29,30)26-13-3-2-4-14-26/h5-12,16H,2-4,13-15H2,1H3,(H,24,28). The predicted molar refractivity (Wildman–Crippen MR) is 125 cm³/mol. The first-order valence-electron chi connectivity index (χ1n) is 10.4. The van der Waals surface area contributed by atoms with Gasteiger partial charge < -0.3 is 5.32 Å². The molecule has 0 saturated carbocycles. The number of rotatable bonds is 7. The third-order valence-corrected chi connectivity index (χ3v) is 8.11. The molecule has 0 unspecified atom stereocenters. The fraction of sp³-hybridized carbons (Fsp3) is 0.318. The highest BCUT2D eigenvalue weighted by Gasteiger charge is 2.25. The van der Waals surface area contributed by atoms with Crippen LogP contribution < -0.4 is 5.32 Å². The number of aryl methyl sites for hydroxylation is 1. The summed E-state index contributed by atoms with van der Waals surface area (Å²) in [5.41, 5.74) is 2.63. The van der Waals surface area contributed by atoms with Gasteiger partial charge in [-0.15, -0.1) is 10.2 Å². The molecule has 0 radical (unpaired) electrons. The molecule has 1 saturated heterocycles. The molecule has 32 heavy (non-hydrogen) atoms. The Morgan fingerprint density at radius 3 is 2.41 bits per heavy atom. The quantitative estimate of drug-likeness (QED) is 0.530. The Morgan fingerprint density at radius 2 is 1.72 bits per heavy atom. The van der Waals surface area contributed by atoms with Crippen molar-refractivity contribution in [2.75, 3.05) is 24.2 Å². The van der Waals surface area contributed by atoms with Crippen LogP contribution in [0, 0.1) is 6.92 Å². The maximum atomic E-state index is 12.7. The first-order valence-corrected chi connectivity index (χ1v) is 12.9. The monoisotopic (exact) mass is 471 g/mol. The number of anilines is 1. The van der Waals surface area contributed by atoms with Gasteiger partial charge >= 0.3 is 0 Å². The summed E-state index contributed by atoms with van der Waals surface area (Å²) in [7, 11) is -3.48. The highest BCUT2D eigenvalue weighted by Crippen LogP contribution is 2.23. The zero-order valence-corrected chi connectivity index (χ0v) is 19.4. The molecule has 0 bridgehead atoms. The number of carbonyl (C=O) groups excluding carboxylic acids is 1. The van der Waals surface area contributed by atoms with Crippen molar-refractivity contribution >= 4 is 33.4 Å². The van der Waals surface area contributed by atoms with Crippen LogP contribution in [0.25, 0.3) is 5.69 Å². The largest absolute Gasteiger partial charge is 0.325 e. The number of hydrogen-bond acceptors (Lipinski definition) is 6. The molecule has 1 amide bonds. The van der Waals surface area contributed by atoms with E-state index < -0.39 is 10.0 Å². The van der Waals surface area contributed by atoms with Crippen LogP contribution in [0.1, 0.15) is 24.8 Å². The van der Waals surface area contributed by atoms with Crippen molar-refractivity contribution in [3.8, 4) is 5.69 Å². The lowest BCUT2D eigenvalue weighted by Gasteiger charge is -2.25. The van der Waals surface area contributed by atoms with E-state index in [1.807, 2.05) is 35.8 Å². The van der Waals surface area contributed by atoms with Gasteiger partial charge in [0, 0.05) is 24.5 Å². The number of thioether (sulfide) groups is 1. The molecule has 168 valence electrons. The van der Waals surface area contributed by atoms with Gasteiger partial charge in [0.05, 0.1) is 10.6 Å². The molecule has 0 atom stereocenters. The van der Waals surface area contributed by atoms with Gasteiger partial charge in [-0.2, -0.15) is 4.31 Å². The first kappa shape index (κ1) is 22.5. The van der Waals surface area contributed by atoms with Gasteiger partial charge in [0.25, 0.3) is 0 Å². The number of hydrogen-bond donors (Lipinski definition) is 1. The van der Waals surface area contributed by atoms with E-state index in [-0.39, 0.29) is 16.6 Å². The summed E-state index contributed by atoms with van der Waals surface area (Å²) in [5, 5.41) is 11.5. The van der Waals surface area contributed by atoms with Crippen molar-refractivity contribution in [1.29, 1.82) is 0 Å². The van der Waals surface area contributed by atoms with Crippen LogP contribution in [0.2, 0.25) is 0 Å². The van der Waals surface area contributed by atoms with E-state index in [1.165, 1.54) is 16.1 Å². The molecular weight excluding hydrogens is 446 g/mol. The Kier molecular flexibility index (Phi) is 6.92. The van der Waals surface area contributed by atoms with Gasteiger partial charge in [-0.05, 0) is 56.2 Å². The molecule has 1 aliphatic rings. The van der Waals surface area contributed by atoms with Gasteiger partial charge in [0.1, 0.15) is 6.33 Å². The SMILES string of the molecule is Cc1ccc(-n2cnnc2SCC(=O)Nc2ccc(S(=O)(=O)N3CCCCC3)cc2)cc1. The van der Waals surface area contributed by atoms with Crippen LogP contribution in [-0.4, -0.2) is 52.2 Å². The van der Waals surface area contributed by atoms with Crippen LogP contribution in [-0.2, 0) is 14.8 Å². The molecule has 1 fully saturated rings. The number of nitrogens with one attached hydrogen (secondary N) is 1. The maximum Gasteiger partial charge on any atom is 0.243 e. The van der Waals surface area contributed by atoms with Crippen LogP contribution in [0.4, 0.5) is 5.69 Å². The van der Waals surface area contributed by atoms with Crippen LogP contribution in [0.5, 0.6) is 0 Å². The summed E-state index contributed by atoms with van der Waals surface area (Å²) >= 11 is 1.28. The Hall–Kier alpha value is -2.69. The van der Waals surface area contributed by atoms with Crippen molar-refractivity contribution in [3.05, 3.63) is 60.4 Å². The second-order valence-corrected chi connectivity index (χ2v) is 10.5. The zero-order valence-electron chi connectivity index (χ0n) is 17.8. The molecular formula is C22H25N5O3S2. The summed E-state index contributed by atoms with van der Waals surface area (Å²) in [5.74, 6) is -0.0571. The Balaban J connectivity index is 1.35. The highest BCUT2D eigenvalue weighted by molar-refractivity contribution is 7.99. The molecule has 4 rings (SSSR count). The van der Waals surface area contributed by atoms with Crippen molar-refractivity contribution in [2.45, 2.75) is 36.2 Å². The molecule has 1 aliphatic heterocycles. The number of nitrogens with zero attached hydrogens (tertiary/aromatic N) is 4. The Labute approximate surface area is 192 Å². The lowest BCUT2D eigenvalue weighted by molar-refractivity contribution is -0.113. The van der Waals surface area contributed by atoms with Gasteiger partial charge in [-0.3, -0.25) is 9.36 Å². The summed E-state index contributed by atoms with van der Waals surface area (Å²) in [4.78, 5) is 12.7. The topological polar surface area (TPSA) is 97.2 Å². The molecule has 1 aromatic heterocycles. The van der Waals surface area contributed by atoms with Crippen molar-refractivity contribution in [2.24, 2.45) is 0 Å². The minimum atomic E-state index is -3.48. The van der Waals surface area contributed by atoms with Crippen LogP contribution in [0.15, 0.2) is 64.9 Å². The molecule has 0 spiro atoms. The van der Waals surface area contributed by atoms with Crippen molar-refractivity contribution in [3.63, 3.8) is 0 Å². The number of amides is 1. The summed E-state index contributed by atoms with van der Waals surface area (Å²) in [6, 6.07) is 14.3. The maximum absolute atomic E-state index is 12.7. The average Bonchev–Trinajstić information content (AvgIpc) is 3.28. The smallest absolute Gasteiger partial charge is 0.243 e. The molecule has 8 nitrogen and oxygen atoms in total. The zero-order chi connectivity index (χ0) is 22.6. The van der Waals surface area contributed by atoms with Gasteiger partial charge in [-0.1, -0.05) is 35.9 Å². The molecule has 2 aromatic carbocycles. The summed E-state index contributed by atoms with van der Waals surface area (Å²) in [6.07, 6.45) is 4.47. The van der Waals surface area contributed by atoms with Crippen LogP contribution in [0.3, 0.4) is 0 Å². The lowest BCUT2D eigenvalue weighted by atomic mass is 10.2. The van der Waals surface area contributed by atoms with E-state index in [1.54, 1.807) is 30.6 Å². The molecule has 0 aliphatic carbocycles. The summed E-state index contributed by atoms with van der Waals surface area (Å²) < 4.78 is 28.8. The first-order chi connectivity index (χ1) is 15.4. The normalized spacial score (nSPS) is 14.9. The molecule has 1 N–H and O–H groups in total. The summed E-state index contributed by atoms with van der Waals surface area (Å²) in [6.45, 7) is 3.14. The van der Waals surface area contributed by atoms with Crippen molar-refractivity contribution < 1.29 is 13.2 Å². The molecule has 3 aromatic rings. The average molecular weight is 472 g/mol. The van der Waals surface area contributed by atoms with E-state index in [2.05, 4.69) is 15.5 Å². The van der Waals surface area contributed by atoms with E-state index >= 15 is 0 Å². The van der Waals surface area contributed by atoms with Gasteiger partial charge in [0.2, 0.25) is 15.9 Å². The van der Waals surface area contributed by atoms with E-state index in [0.717, 1.165) is 30.5 Å². The molecule has 2 heterocycles. The number of aromatic nitrogens is 3. The van der Waals surface area contributed by atoms with Crippen molar-refractivity contribution in [1.82, 2.24) is 19.1 Å². The van der Waals surface area contributed by atoms with E-state index in [0.29, 0.717) is 23.9 Å². The number of benzene rings is 2. The minimum absolute atomic E-state index is 0.151. The Morgan fingerprint density at radius 1 is 1.03 bits per heavy atom. The van der Waals surface area contributed by atoms with E-state index in [4.69, 9.17) is 0 Å². The molecule has 10 heteroatoms. The van der Waals surface area contributed by atoms with Crippen LogP contribution >= 0.6 is 11.8 Å². The fourth-order valence-corrected chi connectivity index (χ4v) is 5.74. The predicted octanol–water partition coefficient (Wildman–Crippen LogP) is 3.48. The highest BCUT2D eigenvalue weighted by atomic mass is 32.2. The number of carbonyl (C=O) groups is 1. The number of piperidine rings is 1. The lowest BCUT2D eigenvalue weighted by Crippen LogP contribution is -2.35. The second-order valence-electron chi connectivity index (χ2n) is 7.65. The van der Waals surface area contributed by atoms with Gasteiger partial charge in [0.15, 0.2) is 5.16 Å². The third-order valence-electron chi connectivity index (χ3n) is 5.25. The Bertz CT molecular complexity index is 1170. The minimum Gasteiger partial charge on any atom is -0.325 e. The van der Waals surface area contributed by atoms with Gasteiger partial charge in [-0.25, -0.2) is 8.42 Å². The number of sulfonamides is 1. The third kappa shape index (κ3) is 5.20. The second kappa shape index (κ2) is 9.85.